The van der Waals surface area contributed by atoms with Crippen LogP contribution in [0.2, 0.25) is 0 Å². The zero-order valence-electron chi connectivity index (χ0n) is 17.9. The summed E-state index contributed by atoms with van der Waals surface area (Å²) in [5, 5.41) is 4.98. The molecule has 0 saturated heterocycles. The normalized spacial score (nSPS) is 12.2. The molecule has 8 nitrogen and oxygen atoms in total. The second-order valence-electron chi connectivity index (χ2n) is 7.04. The van der Waals surface area contributed by atoms with Crippen molar-refractivity contribution in [2.24, 2.45) is 0 Å². The zero-order valence-corrected chi connectivity index (χ0v) is 19.5. The second-order valence-corrected chi connectivity index (χ2v) is 9.95. The molecule has 1 amide bonds. The maximum Gasteiger partial charge on any atom is 0.257 e. The van der Waals surface area contributed by atoms with Gasteiger partial charge in [0.15, 0.2) is 15.0 Å². The highest BCUT2D eigenvalue weighted by molar-refractivity contribution is 7.90. The van der Waals surface area contributed by atoms with Gasteiger partial charge in [0.25, 0.3) is 5.91 Å². The van der Waals surface area contributed by atoms with Crippen LogP contribution >= 0.6 is 11.3 Å². The number of sulfone groups is 1. The van der Waals surface area contributed by atoms with Gasteiger partial charge < -0.3 is 14.2 Å². The van der Waals surface area contributed by atoms with Crippen LogP contribution < -0.4 is 14.8 Å². The first-order chi connectivity index (χ1) is 15.2. The summed E-state index contributed by atoms with van der Waals surface area (Å²) in [7, 11) is -1.68. The number of ether oxygens (including phenoxy) is 3. The predicted molar refractivity (Wildman–Crippen MR) is 123 cm³/mol. The van der Waals surface area contributed by atoms with Crippen molar-refractivity contribution in [2.45, 2.75) is 24.3 Å². The molecule has 1 atom stereocenters. The van der Waals surface area contributed by atoms with E-state index in [1.807, 2.05) is 6.92 Å². The minimum Gasteiger partial charge on any atom is -0.490 e. The molecule has 1 heterocycles. The SMILES string of the molecule is COCCC(C)Oc1cc(Oc2ccc(S(C)(=O)=O)cc2)cc(C(=O)Nc2nccs2)c1. The van der Waals surface area contributed by atoms with Crippen molar-refractivity contribution in [3.63, 3.8) is 0 Å². The summed E-state index contributed by atoms with van der Waals surface area (Å²) in [6, 6.07) is 10.9. The average molecular weight is 477 g/mol. The van der Waals surface area contributed by atoms with E-state index in [4.69, 9.17) is 14.2 Å². The number of hydrogen-bond donors (Lipinski definition) is 1. The molecule has 1 unspecified atom stereocenters. The van der Waals surface area contributed by atoms with E-state index in [1.54, 1.807) is 49.0 Å². The number of nitrogens with zero attached hydrogens (tertiary/aromatic N) is 1. The number of carbonyl (C=O) groups is 1. The molecule has 0 aliphatic heterocycles. The lowest BCUT2D eigenvalue weighted by Gasteiger charge is -2.16. The Morgan fingerprint density at radius 2 is 1.84 bits per heavy atom. The van der Waals surface area contributed by atoms with E-state index in [2.05, 4.69) is 10.3 Å². The van der Waals surface area contributed by atoms with E-state index < -0.39 is 9.84 Å². The quantitative estimate of drug-likeness (QED) is 0.463. The summed E-state index contributed by atoms with van der Waals surface area (Å²) in [6.45, 7) is 2.45. The zero-order chi connectivity index (χ0) is 23.1. The van der Waals surface area contributed by atoms with Crippen LogP contribution in [0.4, 0.5) is 5.13 Å². The number of hydrogen-bond acceptors (Lipinski definition) is 8. The molecule has 2 aromatic carbocycles. The molecule has 0 radical (unpaired) electrons. The standard InChI is InChI=1S/C22H24N2O6S2/c1-15(8-10-28-2)29-18-12-16(21(25)24-22-23-9-11-31-22)13-19(14-18)30-17-4-6-20(7-5-17)32(3,26)27/h4-7,9,11-15H,8,10H2,1-3H3,(H,23,24,25). The van der Waals surface area contributed by atoms with E-state index in [9.17, 15) is 13.2 Å². The third kappa shape index (κ3) is 6.78. The maximum atomic E-state index is 12.7. The van der Waals surface area contributed by atoms with Crippen molar-refractivity contribution in [3.05, 3.63) is 59.6 Å². The number of thiazole rings is 1. The van der Waals surface area contributed by atoms with Crippen molar-refractivity contribution in [1.82, 2.24) is 4.98 Å². The third-order valence-electron chi connectivity index (χ3n) is 4.35. The van der Waals surface area contributed by atoms with Gasteiger partial charge in [-0.2, -0.15) is 0 Å². The van der Waals surface area contributed by atoms with Crippen LogP contribution in [0.5, 0.6) is 17.2 Å². The van der Waals surface area contributed by atoms with E-state index >= 15 is 0 Å². The molecule has 3 rings (SSSR count). The molecule has 170 valence electrons. The lowest BCUT2D eigenvalue weighted by molar-refractivity contribution is 0.102. The Bertz CT molecular complexity index is 1150. The number of nitrogens with one attached hydrogen (secondary N) is 1. The molecule has 0 fully saturated rings. The van der Waals surface area contributed by atoms with Gasteiger partial charge in [0.2, 0.25) is 0 Å². The average Bonchev–Trinajstić information content (AvgIpc) is 3.25. The van der Waals surface area contributed by atoms with Crippen molar-refractivity contribution in [2.75, 3.05) is 25.3 Å². The fraction of sp³-hybridized carbons (Fsp3) is 0.273. The van der Waals surface area contributed by atoms with Gasteiger partial charge in [0.05, 0.1) is 11.0 Å². The monoisotopic (exact) mass is 476 g/mol. The van der Waals surface area contributed by atoms with Gasteiger partial charge in [-0.15, -0.1) is 11.3 Å². The maximum absolute atomic E-state index is 12.7. The van der Waals surface area contributed by atoms with Crippen molar-refractivity contribution in [3.8, 4) is 17.2 Å². The summed E-state index contributed by atoms with van der Waals surface area (Å²) in [5.41, 5.74) is 0.333. The van der Waals surface area contributed by atoms with Gasteiger partial charge in [-0.3, -0.25) is 10.1 Å². The molecule has 0 saturated carbocycles. The fourth-order valence-corrected chi connectivity index (χ4v) is 3.90. The van der Waals surface area contributed by atoms with Gasteiger partial charge in [0.1, 0.15) is 17.2 Å². The van der Waals surface area contributed by atoms with Crippen LogP contribution in [-0.2, 0) is 14.6 Å². The molecular formula is C22H24N2O6S2. The topological polar surface area (TPSA) is 104 Å². The summed E-state index contributed by atoms with van der Waals surface area (Å²) in [5.74, 6) is 0.904. The largest absolute Gasteiger partial charge is 0.490 e. The van der Waals surface area contributed by atoms with Crippen molar-refractivity contribution < 1.29 is 27.4 Å². The number of aromatic nitrogens is 1. The number of anilines is 1. The van der Waals surface area contributed by atoms with E-state index in [0.29, 0.717) is 41.0 Å². The Morgan fingerprint density at radius 3 is 2.47 bits per heavy atom. The highest BCUT2D eigenvalue weighted by atomic mass is 32.2. The molecule has 1 N–H and O–H groups in total. The fourth-order valence-electron chi connectivity index (χ4n) is 2.75. The molecule has 1 aromatic heterocycles. The molecule has 0 aliphatic rings. The molecule has 0 bridgehead atoms. The Morgan fingerprint density at radius 1 is 1.12 bits per heavy atom. The van der Waals surface area contributed by atoms with Gasteiger partial charge in [0, 0.05) is 49.6 Å². The molecule has 0 spiro atoms. The number of carbonyl (C=O) groups excluding carboxylic acids is 1. The first kappa shape index (κ1) is 23.7. The summed E-state index contributed by atoms with van der Waals surface area (Å²) >= 11 is 1.31. The van der Waals surface area contributed by atoms with Crippen LogP contribution in [0.3, 0.4) is 0 Å². The van der Waals surface area contributed by atoms with Crippen LogP contribution in [0.15, 0.2) is 58.9 Å². The summed E-state index contributed by atoms with van der Waals surface area (Å²) in [4.78, 5) is 17.0. The second kappa shape index (κ2) is 10.6. The third-order valence-corrected chi connectivity index (χ3v) is 6.17. The number of rotatable bonds is 10. The number of amides is 1. The summed E-state index contributed by atoms with van der Waals surface area (Å²) in [6.07, 6.45) is 3.28. The van der Waals surface area contributed by atoms with Crippen LogP contribution in [0.25, 0.3) is 0 Å². The molecule has 3 aromatic rings. The lowest BCUT2D eigenvalue weighted by Crippen LogP contribution is -2.16. The van der Waals surface area contributed by atoms with Gasteiger partial charge in [-0.1, -0.05) is 0 Å². The number of methoxy groups -OCH3 is 1. The van der Waals surface area contributed by atoms with E-state index in [1.165, 1.54) is 23.5 Å². The lowest BCUT2D eigenvalue weighted by atomic mass is 10.2. The molecule has 0 aliphatic carbocycles. The highest BCUT2D eigenvalue weighted by Crippen LogP contribution is 2.29. The van der Waals surface area contributed by atoms with Crippen LogP contribution in [-0.4, -0.2) is 45.4 Å². The Labute approximate surface area is 191 Å². The van der Waals surface area contributed by atoms with Gasteiger partial charge in [-0.05, 0) is 43.3 Å². The van der Waals surface area contributed by atoms with Crippen molar-refractivity contribution in [1.29, 1.82) is 0 Å². The minimum absolute atomic E-state index is 0.144. The van der Waals surface area contributed by atoms with Crippen molar-refractivity contribution >= 4 is 32.2 Å². The summed E-state index contributed by atoms with van der Waals surface area (Å²) < 4.78 is 40.2. The van der Waals surface area contributed by atoms with Crippen LogP contribution in [0.1, 0.15) is 23.7 Å². The molecule has 32 heavy (non-hydrogen) atoms. The number of benzene rings is 2. The Balaban J connectivity index is 1.85. The highest BCUT2D eigenvalue weighted by Gasteiger charge is 2.14. The molecular weight excluding hydrogens is 452 g/mol. The van der Waals surface area contributed by atoms with Gasteiger partial charge in [-0.25, -0.2) is 13.4 Å². The predicted octanol–water partition coefficient (Wildman–Crippen LogP) is 4.40. The minimum atomic E-state index is -3.31. The molecule has 10 heteroatoms. The van der Waals surface area contributed by atoms with E-state index in [-0.39, 0.29) is 16.9 Å². The first-order valence-corrected chi connectivity index (χ1v) is 12.5. The van der Waals surface area contributed by atoms with Crippen LogP contribution in [0, 0.1) is 0 Å². The Hall–Kier alpha value is -2.95. The van der Waals surface area contributed by atoms with E-state index in [0.717, 1.165) is 6.26 Å². The first-order valence-electron chi connectivity index (χ1n) is 9.74. The van der Waals surface area contributed by atoms with Gasteiger partial charge >= 0.3 is 0 Å². The smallest absolute Gasteiger partial charge is 0.257 e. The Kier molecular flexibility index (Phi) is 7.84.